The van der Waals surface area contributed by atoms with E-state index in [2.05, 4.69) is 12.1 Å². The fraction of sp³-hybridized carbons (Fsp3) is 0.571. The fourth-order valence-electron chi connectivity index (χ4n) is 2.03. The highest BCUT2D eigenvalue weighted by Gasteiger charge is 2.17. The lowest BCUT2D eigenvalue weighted by molar-refractivity contribution is 0.172. The van der Waals surface area contributed by atoms with E-state index in [1.807, 2.05) is 12.1 Å². The number of rotatable bonds is 6. The molecule has 2 rings (SSSR count). The summed E-state index contributed by atoms with van der Waals surface area (Å²) in [6.07, 6.45) is 2.06. The first-order valence-corrected chi connectivity index (χ1v) is 6.19. The second-order valence-corrected chi connectivity index (χ2v) is 4.32. The lowest BCUT2D eigenvalue weighted by Crippen LogP contribution is -2.02. The maximum absolute atomic E-state index is 5.61. The molecular weight excluding hydrogens is 216 g/mol. The van der Waals surface area contributed by atoms with Crippen molar-refractivity contribution in [2.45, 2.75) is 18.8 Å². The number of hydrogen-bond acceptors (Lipinski definition) is 3. The van der Waals surface area contributed by atoms with E-state index in [0.717, 1.165) is 38.4 Å². The number of hydrogen-bond donors (Lipinski definition) is 0. The van der Waals surface area contributed by atoms with Crippen LogP contribution in [0.25, 0.3) is 0 Å². The van der Waals surface area contributed by atoms with Crippen LogP contribution in [0.4, 0.5) is 0 Å². The van der Waals surface area contributed by atoms with E-state index in [1.165, 1.54) is 5.56 Å². The largest absolute Gasteiger partial charge is 0.494 e. The Morgan fingerprint density at radius 3 is 2.71 bits per heavy atom. The number of benzene rings is 1. The van der Waals surface area contributed by atoms with Crippen LogP contribution in [-0.2, 0) is 9.47 Å². The summed E-state index contributed by atoms with van der Waals surface area (Å²) in [5, 5.41) is 0. The smallest absolute Gasteiger partial charge is 0.119 e. The summed E-state index contributed by atoms with van der Waals surface area (Å²) in [4.78, 5) is 0. The second-order valence-electron chi connectivity index (χ2n) is 4.32. The monoisotopic (exact) mass is 236 g/mol. The Morgan fingerprint density at radius 2 is 2.06 bits per heavy atom. The Balaban J connectivity index is 1.80. The average Bonchev–Trinajstić information content (AvgIpc) is 2.89. The zero-order chi connectivity index (χ0) is 11.9. The van der Waals surface area contributed by atoms with Gasteiger partial charge in [0, 0.05) is 32.7 Å². The van der Waals surface area contributed by atoms with Gasteiger partial charge in [-0.15, -0.1) is 0 Å². The molecule has 1 saturated heterocycles. The fourth-order valence-corrected chi connectivity index (χ4v) is 2.03. The zero-order valence-corrected chi connectivity index (χ0v) is 10.4. The lowest BCUT2D eigenvalue weighted by Gasteiger charge is -2.10. The van der Waals surface area contributed by atoms with Crippen molar-refractivity contribution in [1.29, 1.82) is 0 Å². The summed E-state index contributed by atoms with van der Waals surface area (Å²) >= 11 is 0. The molecule has 94 valence electrons. The Bertz CT molecular complexity index is 315. The maximum atomic E-state index is 5.61. The van der Waals surface area contributed by atoms with Gasteiger partial charge in [-0.3, -0.25) is 0 Å². The van der Waals surface area contributed by atoms with E-state index in [1.54, 1.807) is 7.11 Å². The summed E-state index contributed by atoms with van der Waals surface area (Å²) in [5.41, 5.74) is 1.35. The highest BCUT2D eigenvalue weighted by atomic mass is 16.5. The zero-order valence-electron chi connectivity index (χ0n) is 10.4. The van der Waals surface area contributed by atoms with Crippen molar-refractivity contribution >= 4 is 0 Å². The summed E-state index contributed by atoms with van der Waals surface area (Å²) in [5.74, 6) is 1.50. The molecule has 1 aromatic rings. The van der Waals surface area contributed by atoms with Gasteiger partial charge in [0.05, 0.1) is 13.2 Å². The molecule has 0 radical (unpaired) electrons. The summed E-state index contributed by atoms with van der Waals surface area (Å²) < 4.78 is 16.0. The van der Waals surface area contributed by atoms with E-state index < -0.39 is 0 Å². The van der Waals surface area contributed by atoms with E-state index in [4.69, 9.17) is 14.2 Å². The quantitative estimate of drug-likeness (QED) is 0.711. The van der Waals surface area contributed by atoms with Crippen molar-refractivity contribution < 1.29 is 14.2 Å². The third-order valence-corrected chi connectivity index (χ3v) is 3.04. The van der Waals surface area contributed by atoms with Crippen molar-refractivity contribution in [3.8, 4) is 5.75 Å². The topological polar surface area (TPSA) is 27.7 Å². The molecule has 0 aliphatic carbocycles. The van der Waals surface area contributed by atoms with E-state index >= 15 is 0 Å². The Hall–Kier alpha value is -1.06. The highest BCUT2D eigenvalue weighted by Crippen LogP contribution is 2.26. The van der Waals surface area contributed by atoms with Crippen LogP contribution in [0.3, 0.4) is 0 Å². The second kappa shape index (κ2) is 6.62. The molecule has 0 bridgehead atoms. The van der Waals surface area contributed by atoms with Crippen LogP contribution < -0.4 is 4.74 Å². The van der Waals surface area contributed by atoms with E-state index in [0.29, 0.717) is 12.5 Å². The normalized spacial score (nSPS) is 19.5. The average molecular weight is 236 g/mol. The first kappa shape index (κ1) is 12.4. The third kappa shape index (κ3) is 3.72. The summed E-state index contributed by atoms with van der Waals surface area (Å²) in [7, 11) is 1.71. The predicted octanol–water partition coefficient (Wildman–Crippen LogP) is 2.61. The molecule has 0 unspecified atom stereocenters. The molecule has 3 nitrogen and oxygen atoms in total. The predicted molar refractivity (Wildman–Crippen MR) is 66.6 cm³/mol. The molecule has 3 heteroatoms. The minimum Gasteiger partial charge on any atom is -0.494 e. The Morgan fingerprint density at radius 1 is 1.24 bits per heavy atom. The van der Waals surface area contributed by atoms with Gasteiger partial charge in [-0.25, -0.2) is 0 Å². The Labute approximate surface area is 103 Å². The molecule has 1 aliphatic heterocycles. The lowest BCUT2D eigenvalue weighted by atomic mass is 9.99. The standard InChI is InChI=1S/C14H20O3/c1-15-8-2-9-17-14-5-3-12(4-6-14)13-7-10-16-11-13/h3-6,13H,2,7-11H2,1H3/t13-/m0/s1. The SMILES string of the molecule is COCCCOc1ccc([C@H]2CCOC2)cc1. The molecule has 1 fully saturated rings. The third-order valence-electron chi connectivity index (χ3n) is 3.04. The molecule has 0 N–H and O–H groups in total. The highest BCUT2D eigenvalue weighted by molar-refractivity contribution is 5.29. The van der Waals surface area contributed by atoms with Crippen LogP contribution in [0, 0.1) is 0 Å². The van der Waals surface area contributed by atoms with Gasteiger partial charge in [-0.1, -0.05) is 12.1 Å². The number of ether oxygens (including phenoxy) is 3. The number of methoxy groups -OCH3 is 1. The van der Waals surface area contributed by atoms with Gasteiger partial charge in [0.15, 0.2) is 0 Å². The molecule has 0 spiro atoms. The van der Waals surface area contributed by atoms with Crippen molar-refractivity contribution in [3.05, 3.63) is 29.8 Å². The van der Waals surface area contributed by atoms with Crippen LogP contribution in [0.2, 0.25) is 0 Å². The molecule has 17 heavy (non-hydrogen) atoms. The van der Waals surface area contributed by atoms with Gasteiger partial charge < -0.3 is 14.2 Å². The van der Waals surface area contributed by atoms with E-state index in [9.17, 15) is 0 Å². The molecule has 0 aromatic heterocycles. The van der Waals surface area contributed by atoms with Gasteiger partial charge >= 0.3 is 0 Å². The molecule has 1 atom stereocenters. The summed E-state index contributed by atoms with van der Waals surface area (Å²) in [6, 6.07) is 8.37. The van der Waals surface area contributed by atoms with Crippen LogP contribution in [0.1, 0.15) is 24.3 Å². The molecule has 0 saturated carbocycles. The molecule has 0 amide bonds. The molecule has 1 heterocycles. The molecule has 1 aliphatic rings. The summed E-state index contributed by atoms with van der Waals surface area (Å²) in [6.45, 7) is 3.20. The van der Waals surface area contributed by atoms with Crippen LogP contribution in [0.15, 0.2) is 24.3 Å². The first-order valence-electron chi connectivity index (χ1n) is 6.19. The van der Waals surface area contributed by atoms with Crippen molar-refractivity contribution in [2.75, 3.05) is 33.5 Å². The van der Waals surface area contributed by atoms with Crippen LogP contribution in [-0.4, -0.2) is 33.5 Å². The molecular formula is C14H20O3. The minimum atomic E-state index is 0.567. The van der Waals surface area contributed by atoms with Gasteiger partial charge in [0.25, 0.3) is 0 Å². The van der Waals surface area contributed by atoms with Gasteiger partial charge in [-0.05, 0) is 24.1 Å². The van der Waals surface area contributed by atoms with Crippen LogP contribution >= 0.6 is 0 Å². The van der Waals surface area contributed by atoms with Gasteiger partial charge in [-0.2, -0.15) is 0 Å². The molecule has 1 aromatic carbocycles. The van der Waals surface area contributed by atoms with Crippen LogP contribution in [0.5, 0.6) is 5.75 Å². The first-order chi connectivity index (χ1) is 8.40. The van der Waals surface area contributed by atoms with Gasteiger partial charge in [0.2, 0.25) is 0 Å². The maximum Gasteiger partial charge on any atom is 0.119 e. The van der Waals surface area contributed by atoms with Gasteiger partial charge in [0.1, 0.15) is 5.75 Å². The van der Waals surface area contributed by atoms with E-state index in [-0.39, 0.29) is 0 Å². The van der Waals surface area contributed by atoms with Crippen molar-refractivity contribution in [3.63, 3.8) is 0 Å². The minimum absolute atomic E-state index is 0.567. The van der Waals surface area contributed by atoms with Crippen molar-refractivity contribution in [1.82, 2.24) is 0 Å². The van der Waals surface area contributed by atoms with Crippen molar-refractivity contribution in [2.24, 2.45) is 0 Å². The Kier molecular flexibility index (Phi) is 4.83.